The predicted octanol–water partition coefficient (Wildman–Crippen LogP) is 1.61. The lowest BCUT2D eigenvalue weighted by atomic mass is 10.1. The van der Waals surface area contributed by atoms with Crippen LogP contribution in [0.5, 0.6) is 0 Å². The van der Waals surface area contributed by atoms with Gasteiger partial charge in [-0.1, -0.05) is 12.0 Å². The summed E-state index contributed by atoms with van der Waals surface area (Å²) in [6.07, 6.45) is 1.40. The summed E-state index contributed by atoms with van der Waals surface area (Å²) in [5, 5.41) is 17.2. The van der Waals surface area contributed by atoms with Crippen molar-refractivity contribution < 1.29 is 11.2 Å². The third kappa shape index (κ3) is 2.56. The van der Waals surface area contributed by atoms with E-state index in [2.05, 4.69) is 30.3 Å². The summed E-state index contributed by atoms with van der Waals surface area (Å²) in [5.41, 5.74) is 9.72. The maximum Gasteiger partial charge on any atom is 0.167 e. The van der Waals surface area contributed by atoms with Crippen LogP contribution in [0, 0.1) is 0 Å². The van der Waals surface area contributed by atoms with Gasteiger partial charge in [0.25, 0.3) is 0 Å². The van der Waals surface area contributed by atoms with Gasteiger partial charge in [-0.25, -0.2) is 15.0 Å². The number of anilines is 1. The van der Waals surface area contributed by atoms with Crippen molar-refractivity contribution in [3.63, 3.8) is 0 Å². The Balaban J connectivity index is 1.96. The van der Waals surface area contributed by atoms with E-state index in [1.165, 1.54) is 12.7 Å². The van der Waals surface area contributed by atoms with E-state index in [1.54, 1.807) is 4.57 Å². The first-order valence-electron chi connectivity index (χ1n) is 8.00. The SMILES string of the molecule is [3H]CCNc1ncnc2c1ncn2[C@@H]1O[C@H](CC)[C@@H](N=[N+]=[N-])[C@H]1O. The highest BCUT2D eigenvalue weighted by atomic mass is 16.5. The molecule has 23 heavy (non-hydrogen) atoms. The third-order valence-corrected chi connectivity index (χ3v) is 3.85. The van der Waals surface area contributed by atoms with Crippen LogP contribution in [0.3, 0.4) is 0 Å². The summed E-state index contributed by atoms with van der Waals surface area (Å²) in [7, 11) is 0. The zero-order valence-electron chi connectivity index (χ0n) is 13.6. The summed E-state index contributed by atoms with van der Waals surface area (Å²) in [5.74, 6) is 0.525. The molecule has 0 aromatic carbocycles. The second kappa shape index (κ2) is 6.37. The van der Waals surface area contributed by atoms with Crippen LogP contribution in [0.4, 0.5) is 5.82 Å². The summed E-state index contributed by atoms with van der Waals surface area (Å²) in [6.45, 7) is 2.55. The van der Waals surface area contributed by atoms with Crippen LogP contribution in [0.2, 0.25) is 0 Å². The molecule has 0 bridgehead atoms. The predicted molar refractivity (Wildman–Crippen MR) is 82.6 cm³/mol. The average molecular weight is 320 g/mol. The first kappa shape index (κ1) is 14.2. The van der Waals surface area contributed by atoms with Gasteiger partial charge in [0.2, 0.25) is 0 Å². The van der Waals surface area contributed by atoms with Gasteiger partial charge in [0, 0.05) is 12.8 Å². The fourth-order valence-corrected chi connectivity index (χ4v) is 2.78. The molecule has 0 amide bonds. The molecule has 4 atom stereocenters. The number of rotatable bonds is 5. The van der Waals surface area contributed by atoms with Crippen LogP contribution in [-0.2, 0) is 4.74 Å². The number of nitrogens with one attached hydrogen (secondary N) is 1. The number of aliphatic hydroxyl groups is 1. The zero-order valence-corrected chi connectivity index (χ0v) is 12.6. The van der Waals surface area contributed by atoms with Gasteiger partial charge in [-0.05, 0) is 18.9 Å². The van der Waals surface area contributed by atoms with E-state index >= 15 is 0 Å². The maximum absolute atomic E-state index is 10.5. The number of hydrogen-bond donors (Lipinski definition) is 2. The van der Waals surface area contributed by atoms with Crippen molar-refractivity contribution in [2.24, 2.45) is 5.11 Å². The Morgan fingerprint density at radius 1 is 1.57 bits per heavy atom. The highest BCUT2D eigenvalue weighted by Crippen LogP contribution is 2.35. The number of azide groups is 1. The Labute approximate surface area is 133 Å². The van der Waals surface area contributed by atoms with Crippen molar-refractivity contribution >= 4 is 17.0 Å². The van der Waals surface area contributed by atoms with Crippen LogP contribution in [-0.4, -0.2) is 49.4 Å². The monoisotopic (exact) mass is 320 g/mol. The van der Waals surface area contributed by atoms with Crippen molar-refractivity contribution in [3.8, 4) is 0 Å². The van der Waals surface area contributed by atoms with Gasteiger partial charge in [-0.15, -0.1) is 0 Å². The highest BCUT2D eigenvalue weighted by molar-refractivity contribution is 5.82. The lowest BCUT2D eigenvalue weighted by molar-refractivity contribution is -0.0355. The Hall–Kier alpha value is -2.42. The summed E-state index contributed by atoms with van der Waals surface area (Å²) in [6, 6.07) is -0.662. The fourth-order valence-electron chi connectivity index (χ4n) is 2.78. The molecule has 0 spiro atoms. The second-order valence-corrected chi connectivity index (χ2v) is 5.13. The Bertz CT molecular complexity index is 762. The van der Waals surface area contributed by atoms with E-state index in [0.29, 0.717) is 29.9 Å². The molecule has 0 radical (unpaired) electrons. The molecule has 10 heteroatoms. The molecule has 122 valence electrons. The molecule has 2 N–H and O–H groups in total. The van der Waals surface area contributed by atoms with Gasteiger partial charge in [0.15, 0.2) is 23.2 Å². The van der Waals surface area contributed by atoms with Crippen molar-refractivity contribution in [2.45, 2.75) is 44.7 Å². The van der Waals surface area contributed by atoms with E-state index in [-0.39, 0.29) is 13.0 Å². The molecule has 0 aliphatic carbocycles. The van der Waals surface area contributed by atoms with Crippen LogP contribution in [0.1, 0.15) is 27.8 Å². The molecule has 3 rings (SSSR count). The van der Waals surface area contributed by atoms with Crippen molar-refractivity contribution in [3.05, 3.63) is 23.1 Å². The molecule has 0 saturated carbocycles. The van der Waals surface area contributed by atoms with Gasteiger partial charge in [0.1, 0.15) is 12.4 Å². The summed E-state index contributed by atoms with van der Waals surface area (Å²) < 4.78 is 14.7. The Morgan fingerprint density at radius 2 is 2.43 bits per heavy atom. The molecule has 10 nitrogen and oxygen atoms in total. The second-order valence-electron chi connectivity index (χ2n) is 5.13. The molecule has 1 aliphatic heterocycles. The van der Waals surface area contributed by atoms with Gasteiger partial charge < -0.3 is 15.2 Å². The van der Waals surface area contributed by atoms with Crippen molar-refractivity contribution in [1.29, 1.82) is 0 Å². The van der Waals surface area contributed by atoms with E-state index in [0.717, 1.165) is 0 Å². The van der Waals surface area contributed by atoms with Crippen molar-refractivity contribution in [1.82, 2.24) is 19.5 Å². The Kier molecular flexibility index (Phi) is 3.93. The molecule has 1 fully saturated rings. The quantitative estimate of drug-likeness (QED) is 0.488. The third-order valence-electron chi connectivity index (χ3n) is 3.85. The molecule has 2 aromatic rings. The number of hydrogen-bond acceptors (Lipinski definition) is 7. The largest absolute Gasteiger partial charge is 0.388 e. The summed E-state index contributed by atoms with van der Waals surface area (Å²) in [4.78, 5) is 15.4. The topological polar surface area (TPSA) is 134 Å². The minimum absolute atomic E-state index is 0.211. The molecule has 2 aromatic heterocycles. The van der Waals surface area contributed by atoms with Gasteiger partial charge in [0.05, 0.1) is 18.5 Å². The van der Waals surface area contributed by atoms with Gasteiger partial charge >= 0.3 is 0 Å². The average Bonchev–Trinajstić information content (AvgIpc) is 3.15. The van der Waals surface area contributed by atoms with Crippen molar-refractivity contribution in [2.75, 3.05) is 11.9 Å². The van der Waals surface area contributed by atoms with Crippen LogP contribution < -0.4 is 5.32 Å². The molecule has 0 unspecified atom stereocenters. The van der Waals surface area contributed by atoms with E-state index in [4.69, 9.17) is 11.6 Å². The number of aliphatic hydroxyl groups excluding tert-OH is 1. The van der Waals surface area contributed by atoms with Crippen LogP contribution in [0.15, 0.2) is 17.8 Å². The lowest BCUT2D eigenvalue weighted by Crippen LogP contribution is -2.29. The zero-order chi connectivity index (χ0) is 17.1. The minimum Gasteiger partial charge on any atom is -0.388 e. The molecule has 1 aliphatic rings. The number of fused-ring (bicyclic) bond motifs is 1. The molecule has 3 heterocycles. The minimum atomic E-state index is -0.997. The maximum atomic E-state index is 10.5. The van der Waals surface area contributed by atoms with Gasteiger partial charge in [-0.3, -0.25) is 4.57 Å². The fraction of sp³-hybridized carbons (Fsp3) is 0.615. The first-order chi connectivity index (χ1) is 11.7. The Morgan fingerprint density at radius 3 is 3.17 bits per heavy atom. The van der Waals surface area contributed by atoms with E-state index in [1.807, 2.05) is 6.92 Å². The highest BCUT2D eigenvalue weighted by Gasteiger charge is 2.43. The van der Waals surface area contributed by atoms with Crippen LogP contribution >= 0.6 is 0 Å². The number of nitrogens with zero attached hydrogens (tertiary/aromatic N) is 7. The van der Waals surface area contributed by atoms with E-state index < -0.39 is 18.4 Å². The summed E-state index contributed by atoms with van der Waals surface area (Å²) >= 11 is 0. The standard InChI is InChI=1S/C13H18N8O2/c1-3-7-8(19-20-14)10(22)13(23-7)21-6-18-9-11(15-4-2)16-5-17-12(9)21/h5-8,10,13,22H,3-4H2,1-2H3,(H,15,16,17)/t7-,8-,10-,13-/m1/s1/i2T. The first-order valence-corrected chi connectivity index (χ1v) is 7.29. The number of ether oxygens (including phenoxy) is 1. The molecule has 1 saturated heterocycles. The molecular formula is C13H18N8O2. The number of aromatic nitrogens is 4. The van der Waals surface area contributed by atoms with E-state index in [9.17, 15) is 5.11 Å². The smallest absolute Gasteiger partial charge is 0.167 e. The van der Waals surface area contributed by atoms with Crippen LogP contribution in [0.25, 0.3) is 21.6 Å². The van der Waals surface area contributed by atoms with Gasteiger partial charge in [-0.2, -0.15) is 0 Å². The lowest BCUT2D eigenvalue weighted by Gasteiger charge is -2.16. The number of imidazole rings is 1. The molecular weight excluding hydrogens is 300 g/mol. The normalized spacial score (nSPS) is 27.7.